The topological polar surface area (TPSA) is 44.8 Å². The van der Waals surface area contributed by atoms with Gasteiger partial charge in [0.2, 0.25) is 0 Å². The zero-order valence-electron chi connectivity index (χ0n) is 16.1. The number of amides is 2. The summed E-state index contributed by atoms with van der Waals surface area (Å²) in [6.45, 7) is 0.991. The largest absolute Gasteiger partial charge is 0.383 e. The molecule has 2 amide bonds. The van der Waals surface area contributed by atoms with Crippen LogP contribution in [0, 0.1) is 0 Å². The summed E-state index contributed by atoms with van der Waals surface area (Å²) in [6.07, 6.45) is 0.759. The molecule has 0 unspecified atom stereocenters. The number of anilines is 1. The van der Waals surface area contributed by atoms with Crippen LogP contribution in [0.2, 0.25) is 0 Å². The number of methoxy groups -OCH3 is 1. The van der Waals surface area contributed by atoms with E-state index in [2.05, 4.69) is 23.5 Å². The number of benzene rings is 2. The Balaban J connectivity index is 1.96. The summed E-state index contributed by atoms with van der Waals surface area (Å²) in [6, 6.07) is 18.2. The summed E-state index contributed by atoms with van der Waals surface area (Å²) in [4.78, 5) is 16.4. The number of nitrogens with zero attached hydrogens (tertiary/aromatic N) is 2. The van der Waals surface area contributed by atoms with Gasteiger partial charge in [-0.25, -0.2) is 4.79 Å². The molecule has 140 valence electrons. The van der Waals surface area contributed by atoms with E-state index in [1.165, 1.54) is 5.56 Å². The summed E-state index contributed by atoms with van der Waals surface area (Å²) < 4.78 is 5.33. The minimum absolute atomic E-state index is 0.0180. The van der Waals surface area contributed by atoms with Gasteiger partial charge in [-0.3, -0.25) is 0 Å². The van der Waals surface area contributed by atoms with Gasteiger partial charge in [-0.2, -0.15) is 0 Å². The third kappa shape index (κ3) is 5.77. The smallest absolute Gasteiger partial charge is 0.317 e. The first-order valence-electron chi connectivity index (χ1n) is 8.81. The minimum Gasteiger partial charge on any atom is -0.383 e. The molecular weight excluding hydrogens is 326 g/mol. The molecule has 0 bridgehead atoms. The molecule has 0 aliphatic heterocycles. The van der Waals surface area contributed by atoms with Crippen LogP contribution in [0.3, 0.4) is 0 Å². The lowest BCUT2D eigenvalue weighted by molar-refractivity contribution is 0.115. The number of ether oxygens (including phenoxy) is 1. The van der Waals surface area contributed by atoms with Crippen molar-refractivity contribution < 1.29 is 9.53 Å². The molecule has 2 aromatic carbocycles. The maximum atomic E-state index is 12.6. The van der Waals surface area contributed by atoms with Crippen molar-refractivity contribution in [2.75, 3.05) is 39.8 Å². The fourth-order valence-corrected chi connectivity index (χ4v) is 2.80. The van der Waals surface area contributed by atoms with Crippen LogP contribution in [-0.4, -0.2) is 51.8 Å². The third-order valence-electron chi connectivity index (χ3n) is 4.41. The Labute approximate surface area is 156 Å². The van der Waals surface area contributed by atoms with Gasteiger partial charge in [-0.15, -0.1) is 0 Å². The van der Waals surface area contributed by atoms with Crippen molar-refractivity contribution in [2.24, 2.45) is 0 Å². The average molecular weight is 355 g/mol. The monoisotopic (exact) mass is 355 g/mol. The van der Waals surface area contributed by atoms with E-state index in [1.807, 2.05) is 62.4 Å². The summed E-state index contributed by atoms with van der Waals surface area (Å²) in [5.41, 5.74) is 3.38. The molecule has 5 nitrogen and oxygen atoms in total. The summed E-state index contributed by atoms with van der Waals surface area (Å²) >= 11 is 0. The highest BCUT2D eigenvalue weighted by Gasteiger charge is 2.20. The second-order valence-corrected chi connectivity index (χ2v) is 6.63. The highest BCUT2D eigenvalue weighted by atomic mass is 16.5. The summed E-state index contributed by atoms with van der Waals surface area (Å²) in [5, 5.41) is 3.00. The van der Waals surface area contributed by atoms with E-state index in [0.29, 0.717) is 13.2 Å². The maximum Gasteiger partial charge on any atom is 0.317 e. The van der Waals surface area contributed by atoms with E-state index in [4.69, 9.17) is 4.74 Å². The Morgan fingerprint density at radius 2 is 1.73 bits per heavy atom. The first-order chi connectivity index (χ1) is 12.5. The molecule has 0 saturated heterocycles. The molecule has 0 aromatic heterocycles. The van der Waals surface area contributed by atoms with Crippen molar-refractivity contribution in [2.45, 2.75) is 19.0 Å². The molecule has 0 radical (unpaired) electrons. The number of carbonyl (C=O) groups is 1. The van der Waals surface area contributed by atoms with Crippen molar-refractivity contribution in [1.29, 1.82) is 0 Å². The van der Waals surface area contributed by atoms with Crippen molar-refractivity contribution in [3.8, 4) is 0 Å². The van der Waals surface area contributed by atoms with Crippen LogP contribution in [0.4, 0.5) is 10.5 Å². The Kier molecular flexibility index (Phi) is 7.48. The molecule has 0 heterocycles. The first kappa shape index (κ1) is 19.8. The van der Waals surface area contributed by atoms with Crippen molar-refractivity contribution in [3.05, 3.63) is 65.7 Å². The van der Waals surface area contributed by atoms with E-state index in [0.717, 1.165) is 17.7 Å². The van der Waals surface area contributed by atoms with Crippen molar-refractivity contribution >= 4 is 11.7 Å². The van der Waals surface area contributed by atoms with Gasteiger partial charge < -0.3 is 19.9 Å². The van der Waals surface area contributed by atoms with E-state index < -0.39 is 0 Å². The normalized spacial score (nSPS) is 11.7. The molecule has 2 rings (SSSR count). The Hall–Kier alpha value is -2.53. The molecule has 2 aromatic rings. The van der Waals surface area contributed by atoms with E-state index in [-0.39, 0.29) is 12.1 Å². The van der Waals surface area contributed by atoms with E-state index in [1.54, 1.807) is 12.0 Å². The molecule has 0 spiro atoms. The van der Waals surface area contributed by atoms with Crippen molar-refractivity contribution in [1.82, 2.24) is 10.2 Å². The van der Waals surface area contributed by atoms with Crippen LogP contribution in [0.25, 0.3) is 0 Å². The van der Waals surface area contributed by atoms with E-state index >= 15 is 0 Å². The molecule has 0 fully saturated rings. The Morgan fingerprint density at radius 1 is 1.04 bits per heavy atom. The zero-order chi connectivity index (χ0) is 18.9. The van der Waals surface area contributed by atoms with Gasteiger partial charge >= 0.3 is 6.03 Å². The lowest BCUT2D eigenvalue weighted by Crippen LogP contribution is -2.46. The Bertz CT molecular complexity index is 689. The highest BCUT2D eigenvalue weighted by Crippen LogP contribution is 2.13. The SMILES string of the molecule is COC[C@@H](Cc1ccccc1)N(C)C(=O)NCc1cccc(N(C)C)c1. The molecule has 0 aliphatic rings. The van der Waals surface area contributed by atoms with Crippen LogP contribution >= 0.6 is 0 Å². The predicted molar refractivity (Wildman–Crippen MR) is 107 cm³/mol. The number of nitrogens with one attached hydrogen (secondary N) is 1. The minimum atomic E-state index is -0.0989. The number of carbonyl (C=O) groups excluding carboxylic acids is 1. The standard InChI is InChI=1S/C21H29N3O2/c1-23(2)19-12-8-11-18(14-19)15-22-21(25)24(3)20(16-26-4)13-17-9-6-5-7-10-17/h5-12,14,20H,13,15-16H2,1-4H3,(H,22,25)/t20-/m1/s1. The van der Waals surface area contributed by atoms with Gasteiger partial charge in [0.15, 0.2) is 0 Å². The lowest BCUT2D eigenvalue weighted by atomic mass is 10.1. The van der Waals surface area contributed by atoms with Crippen molar-refractivity contribution in [3.63, 3.8) is 0 Å². The molecular formula is C21H29N3O2. The number of likely N-dealkylation sites (N-methyl/N-ethyl adjacent to an activating group) is 1. The fraction of sp³-hybridized carbons (Fsp3) is 0.381. The first-order valence-corrected chi connectivity index (χ1v) is 8.81. The highest BCUT2D eigenvalue weighted by molar-refractivity contribution is 5.74. The molecule has 0 aliphatic carbocycles. The van der Waals surface area contributed by atoms with Gasteiger partial charge in [0, 0.05) is 40.5 Å². The fourth-order valence-electron chi connectivity index (χ4n) is 2.80. The summed E-state index contributed by atoms with van der Waals surface area (Å²) in [7, 11) is 7.49. The van der Waals surface area contributed by atoms with Crippen LogP contribution in [0.15, 0.2) is 54.6 Å². The average Bonchev–Trinajstić information content (AvgIpc) is 2.66. The molecule has 1 atom stereocenters. The molecule has 0 saturated carbocycles. The van der Waals surface area contributed by atoms with E-state index in [9.17, 15) is 4.79 Å². The third-order valence-corrected chi connectivity index (χ3v) is 4.41. The van der Waals surface area contributed by atoms with Crippen LogP contribution in [0.1, 0.15) is 11.1 Å². The number of hydrogen-bond acceptors (Lipinski definition) is 3. The molecule has 5 heteroatoms. The van der Waals surface area contributed by atoms with Gasteiger partial charge in [-0.1, -0.05) is 42.5 Å². The summed E-state index contributed by atoms with van der Waals surface area (Å²) in [5.74, 6) is 0. The van der Waals surface area contributed by atoms with Gasteiger partial charge in [0.25, 0.3) is 0 Å². The van der Waals surface area contributed by atoms with Gasteiger partial charge in [-0.05, 0) is 29.7 Å². The lowest BCUT2D eigenvalue weighted by Gasteiger charge is -2.28. The predicted octanol–water partition coefficient (Wildman–Crippen LogP) is 3.15. The maximum absolute atomic E-state index is 12.6. The Morgan fingerprint density at radius 3 is 2.38 bits per heavy atom. The quantitative estimate of drug-likeness (QED) is 0.791. The second-order valence-electron chi connectivity index (χ2n) is 6.63. The van der Waals surface area contributed by atoms with Crippen LogP contribution < -0.4 is 10.2 Å². The molecule has 26 heavy (non-hydrogen) atoms. The number of urea groups is 1. The second kappa shape index (κ2) is 9.82. The molecule has 1 N–H and O–H groups in total. The van der Waals surface area contributed by atoms with Gasteiger partial charge in [0.1, 0.15) is 0 Å². The number of rotatable bonds is 8. The number of hydrogen-bond donors (Lipinski definition) is 1. The van der Waals surface area contributed by atoms with Gasteiger partial charge in [0.05, 0.1) is 12.6 Å². The van der Waals surface area contributed by atoms with Crippen LogP contribution in [-0.2, 0) is 17.7 Å². The zero-order valence-corrected chi connectivity index (χ0v) is 16.1. The van der Waals surface area contributed by atoms with Crippen LogP contribution in [0.5, 0.6) is 0 Å².